The Bertz CT molecular complexity index is 586. The molecule has 0 saturated heterocycles. The van der Waals surface area contributed by atoms with Crippen molar-refractivity contribution in [3.8, 4) is 5.75 Å². The van der Waals surface area contributed by atoms with Crippen molar-refractivity contribution < 1.29 is 17.9 Å². The maximum Gasteiger partial charge on any atom is 0.573 e. The van der Waals surface area contributed by atoms with Gasteiger partial charge in [0.15, 0.2) is 0 Å². The first-order valence-corrected chi connectivity index (χ1v) is 7.54. The van der Waals surface area contributed by atoms with Crippen LogP contribution in [0.1, 0.15) is 16.5 Å². The predicted octanol–water partition coefficient (Wildman–Crippen LogP) is 4.16. The Balaban J connectivity index is 2.08. The van der Waals surface area contributed by atoms with Gasteiger partial charge >= 0.3 is 6.36 Å². The van der Waals surface area contributed by atoms with Crippen LogP contribution in [-0.4, -0.2) is 6.36 Å². The fraction of sp³-hybridized carbons (Fsp3) is 0.231. The molecule has 3 N–H and O–H groups in total. The van der Waals surface area contributed by atoms with Crippen LogP contribution >= 0.6 is 27.3 Å². The number of ether oxygens (including phenoxy) is 1. The van der Waals surface area contributed by atoms with Crippen molar-refractivity contribution in [2.75, 3.05) is 0 Å². The fourth-order valence-electron chi connectivity index (χ4n) is 1.84. The van der Waals surface area contributed by atoms with Gasteiger partial charge in [0.2, 0.25) is 0 Å². The average molecular weight is 381 g/mol. The summed E-state index contributed by atoms with van der Waals surface area (Å²) >= 11 is 4.97. The molecule has 0 radical (unpaired) electrons. The van der Waals surface area contributed by atoms with Gasteiger partial charge < -0.3 is 4.74 Å². The number of nitrogens with two attached hydrogens (primary N) is 1. The highest BCUT2D eigenvalue weighted by Gasteiger charge is 2.31. The van der Waals surface area contributed by atoms with Crippen LogP contribution in [0.3, 0.4) is 0 Å². The lowest BCUT2D eigenvalue weighted by Crippen LogP contribution is -2.29. The maximum atomic E-state index is 12.1. The van der Waals surface area contributed by atoms with Crippen LogP contribution in [0, 0.1) is 0 Å². The third-order valence-electron chi connectivity index (χ3n) is 2.75. The van der Waals surface area contributed by atoms with Crippen molar-refractivity contribution in [3.63, 3.8) is 0 Å². The minimum absolute atomic E-state index is 0.185. The Kier molecular flexibility index (Phi) is 5.26. The van der Waals surface area contributed by atoms with Crippen LogP contribution in [0.25, 0.3) is 0 Å². The summed E-state index contributed by atoms with van der Waals surface area (Å²) in [5.41, 5.74) is 3.46. The Hall–Kier alpha value is -1.09. The van der Waals surface area contributed by atoms with E-state index >= 15 is 0 Å². The number of hydrazine groups is 1. The molecule has 2 rings (SSSR count). The number of hydrogen-bond acceptors (Lipinski definition) is 4. The summed E-state index contributed by atoms with van der Waals surface area (Å²) in [6.45, 7) is 0. The van der Waals surface area contributed by atoms with E-state index in [-0.39, 0.29) is 11.8 Å². The molecule has 0 aliphatic heterocycles. The largest absolute Gasteiger partial charge is 0.573 e. The molecule has 1 aromatic carbocycles. The van der Waals surface area contributed by atoms with Crippen molar-refractivity contribution in [2.45, 2.75) is 18.8 Å². The molecule has 0 spiro atoms. The number of hydrogen-bond donors (Lipinski definition) is 2. The number of thiophene rings is 1. The zero-order chi connectivity index (χ0) is 15.5. The molecule has 21 heavy (non-hydrogen) atoms. The summed E-state index contributed by atoms with van der Waals surface area (Å²) in [4.78, 5) is 1.11. The second-order valence-electron chi connectivity index (χ2n) is 4.25. The minimum atomic E-state index is -4.68. The van der Waals surface area contributed by atoms with Crippen LogP contribution in [0.4, 0.5) is 13.2 Å². The number of benzene rings is 1. The van der Waals surface area contributed by atoms with Crippen LogP contribution in [-0.2, 0) is 6.42 Å². The first kappa shape index (κ1) is 16.3. The topological polar surface area (TPSA) is 47.3 Å². The van der Waals surface area contributed by atoms with Crippen molar-refractivity contribution in [1.29, 1.82) is 0 Å². The SMILES string of the molecule is NNC(Cc1ccc(Br)s1)c1ccc(OC(F)(F)F)cc1. The molecule has 0 amide bonds. The molecule has 3 nitrogen and oxygen atoms in total. The highest BCUT2D eigenvalue weighted by Crippen LogP contribution is 2.28. The smallest absolute Gasteiger partial charge is 0.406 e. The standard InChI is InChI=1S/C13H12BrF3N2OS/c14-12-6-5-10(21-12)7-11(19-18)8-1-3-9(4-2-8)20-13(15,16)17/h1-6,11,19H,7,18H2. The van der Waals surface area contributed by atoms with Crippen LogP contribution in [0.2, 0.25) is 0 Å². The Morgan fingerprint density at radius 1 is 1.19 bits per heavy atom. The number of rotatable bonds is 5. The first-order valence-electron chi connectivity index (χ1n) is 5.93. The molecule has 1 heterocycles. The molecule has 0 aliphatic rings. The average Bonchev–Trinajstić information content (AvgIpc) is 2.81. The third kappa shape index (κ3) is 4.99. The van der Waals surface area contributed by atoms with Crippen molar-refractivity contribution >= 4 is 27.3 Å². The van der Waals surface area contributed by atoms with Gasteiger partial charge in [-0.25, -0.2) is 0 Å². The maximum absolute atomic E-state index is 12.1. The van der Waals surface area contributed by atoms with Crippen molar-refractivity contribution in [1.82, 2.24) is 5.43 Å². The van der Waals surface area contributed by atoms with Gasteiger partial charge in [-0.15, -0.1) is 24.5 Å². The number of halogens is 4. The molecular weight excluding hydrogens is 369 g/mol. The minimum Gasteiger partial charge on any atom is -0.406 e. The Morgan fingerprint density at radius 2 is 1.86 bits per heavy atom. The summed E-state index contributed by atoms with van der Waals surface area (Å²) in [5.74, 6) is 5.28. The van der Waals surface area contributed by atoms with Crippen LogP contribution < -0.4 is 16.0 Å². The highest BCUT2D eigenvalue weighted by molar-refractivity contribution is 9.11. The molecule has 0 fully saturated rings. The normalized spacial score (nSPS) is 13.2. The molecule has 1 atom stereocenters. The van der Waals surface area contributed by atoms with Gasteiger partial charge in [0.25, 0.3) is 0 Å². The Labute approximate surface area is 132 Å². The van der Waals surface area contributed by atoms with Gasteiger partial charge in [0, 0.05) is 11.3 Å². The zero-order valence-electron chi connectivity index (χ0n) is 10.7. The van der Waals surface area contributed by atoms with Gasteiger partial charge in [-0.05, 0) is 45.8 Å². The van der Waals surface area contributed by atoms with E-state index in [9.17, 15) is 13.2 Å². The second-order valence-corrected chi connectivity index (χ2v) is 6.79. The Morgan fingerprint density at radius 3 is 2.33 bits per heavy atom. The second kappa shape index (κ2) is 6.78. The summed E-state index contributed by atoms with van der Waals surface area (Å²) < 4.78 is 41.1. The summed E-state index contributed by atoms with van der Waals surface area (Å²) in [6, 6.07) is 9.40. The number of alkyl halides is 3. The molecule has 0 bridgehead atoms. The lowest BCUT2D eigenvalue weighted by molar-refractivity contribution is -0.274. The summed E-state index contributed by atoms with van der Waals surface area (Å²) in [6.07, 6.45) is -4.04. The molecule has 1 unspecified atom stereocenters. The van der Waals surface area contributed by atoms with Crippen LogP contribution in [0.5, 0.6) is 5.75 Å². The van der Waals surface area contributed by atoms with E-state index < -0.39 is 6.36 Å². The lowest BCUT2D eigenvalue weighted by Gasteiger charge is -2.16. The van der Waals surface area contributed by atoms with Gasteiger partial charge in [-0.1, -0.05) is 12.1 Å². The number of nitrogens with one attached hydrogen (secondary N) is 1. The molecule has 0 aliphatic carbocycles. The van der Waals surface area contributed by atoms with Gasteiger partial charge in [-0.3, -0.25) is 11.3 Å². The van der Waals surface area contributed by atoms with E-state index in [4.69, 9.17) is 5.84 Å². The first-order chi connectivity index (χ1) is 9.87. The van der Waals surface area contributed by atoms with Gasteiger partial charge in [0.1, 0.15) is 5.75 Å². The van der Waals surface area contributed by atoms with E-state index in [0.717, 1.165) is 14.2 Å². The molecule has 114 valence electrons. The third-order valence-corrected chi connectivity index (χ3v) is 4.40. The quantitative estimate of drug-likeness (QED) is 0.604. The monoisotopic (exact) mass is 380 g/mol. The molecule has 2 aromatic rings. The van der Waals surface area contributed by atoms with E-state index in [0.29, 0.717) is 6.42 Å². The van der Waals surface area contributed by atoms with Crippen LogP contribution in [0.15, 0.2) is 40.2 Å². The zero-order valence-corrected chi connectivity index (χ0v) is 13.1. The van der Waals surface area contributed by atoms with Gasteiger partial charge in [0.05, 0.1) is 9.83 Å². The van der Waals surface area contributed by atoms with E-state index in [1.807, 2.05) is 12.1 Å². The lowest BCUT2D eigenvalue weighted by atomic mass is 10.0. The van der Waals surface area contributed by atoms with Gasteiger partial charge in [-0.2, -0.15) is 0 Å². The highest BCUT2D eigenvalue weighted by atomic mass is 79.9. The fourth-order valence-corrected chi connectivity index (χ4v) is 3.37. The van der Waals surface area contributed by atoms with E-state index in [2.05, 4.69) is 26.1 Å². The van der Waals surface area contributed by atoms with Crippen molar-refractivity contribution in [3.05, 3.63) is 50.6 Å². The van der Waals surface area contributed by atoms with E-state index in [1.54, 1.807) is 23.5 Å². The molecular formula is C13H12BrF3N2OS. The predicted molar refractivity (Wildman–Crippen MR) is 78.9 cm³/mol. The van der Waals surface area contributed by atoms with E-state index in [1.165, 1.54) is 12.1 Å². The molecule has 1 aromatic heterocycles. The molecule has 8 heteroatoms. The van der Waals surface area contributed by atoms with Crippen molar-refractivity contribution in [2.24, 2.45) is 5.84 Å². The summed E-state index contributed by atoms with van der Waals surface area (Å²) in [7, 11) is 0. The summed E-state index contributed by atoms with van der Waals surface area (Å²) in [5, 5.41) is 0. The molecule has 0 saturated carbocycles.